The minimum Gasteiger partial charge on any atom is -0.505 e. The number of halogens is 4. The number of benzene rings is 2. The average Bonchev–Trinajstić information content (AvgIpc) is 3.71. The van der Waals surface area contributed by atoms with Crippen molar-refractivity contribution >= 4 is 24.3 Å². The molecular weight excluding hydrogens is 631 g/mol. The van der Waals surface area contributed by atoms with Gasteiger partial charge in [0.25, 0.3) is 0 Å². The van der Waals surface area contributed by atoms with E-state index in [1.54, 1.807) is 0 Å². The Kier molecular flexibility index (Phi) is 18.1. The zero-order valence-electron chi connectivity index (χ0n) is 32.1. The minimum absolute atomic E-state index is 0.0147. The van der Waals surface area contributed by atoms with Crippen LogP contribution in [0.4, 0.5) is 28.6 Å². The van der Waals surface area contributed by atoms with Crippen LogP contribution in [0.15, 0.2) is 42.1 Å². The lowest BCUT2D eigenvalue weighted by molar-refractivity contribution is -0.355. The van der Waals surface area contributed by atoms with Crippen LogP contribution in [0.25, 0.3) is 0 Å². The van der Waals surface area contributed by atoms with Crippen LogP contribution in [0.3, 0.4) is 0 Å². The third-order valence-electron chi connectivity index (χ3n) is 7.90. The van der Waals surface area contributed by atoms with Crippen LogP contribution in [-0.4, -0.2) is 44.5 Å². The molecule has 2 aromatic carbocycles. The Hall–Kier alpha value is -2.85. The van der Waals surface area contributed by atoms with E-state index >= 15 is 0 Å². The zero-order valence-corrected chi connectivity index (χ0v) is 32.1. The molecule has 49 heavy (non-hydrogen) atoms. The van der Waals surface area contributed by atoms with Crippen LogP contribution in [-0.2, 0) is 20.3 Å². The largest absolute Gasteiger partial charge is 0.673 e. The highest BCUT2D eigenvalue weighted by atomic mass is 19.5. The van der Waals surface area contributed by atoms with Crippen molar-refractivity contribution in [1.29, 1.82) is 0 Å². The fraction of sp³-hybridized carbons (Fsp3) is 0.615. The lowest BCUT2D eigenvalue weighted by Gasteiger charge is -2.27. The molecule has 2 saturated heterocycles. The van der Waals surface area contributed by atoms with E-state index in [4.69, 9.17) is 9.47 Å². The lowest BCUT2D eigenvalue weighted by Crippen LogP contribution is -2.66. The van der Waals surface area contributed by atoms with Crippen LogP contribution < -0.4 is 10.3 Å². The van der Waals surface area contributed by atoms with Crippen molar-refractivity contribution in [3.8, 4) is 5.75 Å². The van der Waals surface area contributed by atoms with Crippen molar-refractivity contribution in [2.75, 3.05) is 31.7 Å². The van der Waals surface area contributed by atoms with Gasteiger partial charge in [0, 0.05) is 61.8 Å². The second kappa shape index (κ2) is 20.1. The molecule has 0 aliphatic carbocycles. The zero-order chi connectivity index (χ0) is 37.6. The summed E-state index contributed by atoms with van der Waals surface area (Å²) >= 11 is 0. The number of anilines is 1. The maximum absolute atomic E-state index is 11.1. The number of nitrogens with one attached hydrogen (secondary N) is 2. The highest BCUT2D eigenvalue weighted by Gasteiger charge is 2.25. The molecule has 10 heteroatoms. The van der Waals surface area contributed by atoms with E-state index in [0.717, 1.165) is 49.1 Å². The summed E-state index contributed by atoms with van der Waals surface area (Å²) in [5.41, 5.74) is 8.64. The normalized spacial score (nSPS) is 15.6. The molecule has 0 unspecified atom stereocenters. The first kappa shape index (κ1) is 44.2. The van der Waals surface area contributed by atoms with Gasteiger partial charge in [-0.2, -0.15) is 0 Å². The van der Waals surface area contributed by atoms with Crippen LogP contribution in [0, 0.1) is 0 Å². The monoisotopic (exact) mass is 694 g/mol. The second-order valence-electron chi connectivity index (χ2n) is 15.4. The van der Waals surface area contributed by atoms with Gasteiger partial charge in [0.05, 0.1) is 5.69 Å². The highest BCUT2D eigenvalue weighted by Crippen LogP contribution is 2.40. The predicted octanol–water partition coefficient (Wildman–Crippen LogP) is 10.3. The van der Waals surface area contributed by atoms with Gasteiger partial charge < -0.3 is 37.2 Å². The van der Waals surface area contributed by atoms with Crippen molar-refractivity contribution in [2.24, 2.45) is 0 Å². The number of phenols is 1. The molecule has 2 heterocycles. The van der Waals surface area contributed by atoms with Gasteiger partial charge in [0.15, 0.2) is 5.71 Å². The Labute approximate surface area is 294 Å². The van der Waals surface area contributed by atoms with Gasteiger partial charge >= 0.3 is 7.25 Å². The molecule has 3 N–H and O–H groups in total. The summed E-state index contributed by atoms with van der Waals surface area (Å²) in [5.74, 6) is 1.20. The molecule has 0 saturated carbocycles. The van der Waals surface area contributed by atoms with Crippen LogP contribution >= 0.6 is 0 Å². The second-order valence-corrected chi connectivity index (χ2v) is 15.4. The Morgan fingerprint density at radius 3 is 1.55 bits per heavy atom. The van der Waals surface area contributed by atoms with E-state index in [0.29, 0.717) is 17.6 Å². The van der Waals surface area contributed by atoms with Crippen molar-refractivity contribution in [3.05, 3.63) is 64.4 Å². The molecule has 2 fully saturated rings. The number of ether oxygens (including phenoxy) is 2. The molecule has 0 aromatic heterocycles. The number of rotatable bonds is 6. The number of phenolic OH excluding ortho intramolecular Hbond substituents is 1. The van der Waals surface area contributed by atoms with Gasteiger partial charge in [-0.25, -0.2) is 4.99 Å². The summed E-state index contributed by atoms with van der Waals surface area (Å²) < 4.78 is 48.9. The smallest absolute Gasteiger partial charge is 0.505 e. The first-order chi connectivity index (χ1) is 22.5. The molecule has 5 nitrogen and oxygen atoms in total. The van der Waals surface area contributed by atoms with Gasteiger partial charge in [-0.15, -0.1) is 0 Å². The Morgan fingerprint density at radius 2 is 1.22 bits per heavy atom. The molecule has 0 radical (unpaired) electrons. The van der Waals surface area contributed by atoms with Gasteiger partial charge in [-0.3, -0.25) is 0 Å². The van der Waals surface area contributed by atoms with Crippen molar-refractivity contribution in [2.45, 2.75) is 131 Å². The summed E-state index contributed by atoms with van der Waals surface area (Å²) in [6, 6.07) is 10.8. The van der Waals surface area contributed by atoms with Gasteiger partial charge in [0.2, 0.25) is 5.69 Å². The Bertz CT molecular complexity index is 1290. The quantitative estimate of drug-likeness (QED) is 0.122. The molecule has 2 aliphatic rings. The summed E-state index contributed by atoms with van der Waals surface area (Å²) in [6.45, 7) is 30.1. The van der Waals surface area contributed by atoms with Crippen LogP contribution in [0.5, 0.6) is 5.75 Å². The van der Waals surface area contributed by atoms with Crippen molar-refractivity contribution in [1.82, 2.24) is 0 Å². The molecule has 4 rings (SSSR count). The number of hydrogen-bond acceptors (Lipinski definition) is 4. The molecule has 0 spiro atoms. The van der Waals surface area contributed by atoms with Crippen molar-refractivity contribution < 1.29 is 36.8 Å². The van der Waals surface area contributed by atoms with E-state index in [-0.39, 0.29) is 10.8 Å². The molecule has 2 aromatic rings. The van der Waals surface area contributed by atoms with E-state index in [2.05, 4.69) is 123 Å². The van der Waals surface area contributed by atoms with Crippen LogP contribution in [0.2, 0.25) is 0 Å². The molecule has 2 aliphatic heterocycles. The lowest BCUT2D eigenvalue weighted by atomic mass is 9.79. The fourth-order valence-electron chi connectivity index (χ4n) is 5.26. The van der Waals surface area contributed by atoms with E-state index in [9.17, 15) is 22.4 Å². The summed E-state index contributed by atoms with van der Waals surface area (Å²) in [7, 11) is -6.00. The maximum Gasteiger partial charge on any atom is 0.673 e. The summed E-state index contributed by atoms with van der Waals surface area (Å²) in [6.07, 6.45) is 7.22. The fourth-order valence-corrected chi connectivity index (χ4v) is 5.26. The number of allylic oxidation sites excluding steroid dienone is 2. The SMILES string of the molecule is C1CCOC1.C1CCOC1.CC(/C=C(\C)Nc1cc(C(C)(C)C)cc(C(C)(C)C)c1O)=[NH+]c1c(C(C)C)cccc1C(C)C.F[B-](F)(F)F. The number of aromatic hydroxyl groups is 1. The Balaban J connectivity index is 0.000000650. The van der Waals surface area contributed by atoms with E-state index < -0.39 is 7.25 Å². The molecule has 0 atom stereocenters. The highest BCUT2D eigenvalue weighted by molar-refractivity contribution is 6.50. The minimum atomic E-state index is -6.00. The van der Waals surface area contributed by atoms with Gasteiger partial charge in [-0.05, 0) is 66.9 Å². The third-order valence-corrected chi connectivity index (χ3v) is 7.90. The molecule has 278 valence electrons. The topological polar surface area (TPSA) is 64.7 Å². The van der Waals surface area contributed by atoms with Crippen molar-refractivity contribution in [3.63, 3.8) is 0 Å². The first-order valence-electron chi connectivity index (χ1n) is 17.6. The average molecular weight is 695 g/mol. The standard InChI is InChI=1S/C31H46N2O.2C4H8O.BF4/c1-19(2)24-14-13-15-25(20(3)4)28(24)33-22(6)16-21(5)32-27-18-23(30(7,8)9)17-26(29(27)34)31(10,11)12;2*1-2-4-5-3-1;2-1(3,4)5/h13-20,32,34H,1-12H3;2*1-4H2;/q;;;-1/p+1/b21-16+,33-22?;;;. The molecule has 0 bridgehead atoms. The molecule has 0 amide bonds. The van der Waals surface area contributed by atoms with Gasteiger partial charge in [-0.1, -0.05) is 93.5 Å². The predicted molar refractivity (Wildman–Crippen MR) is 199 cm³/mol. The summed E-state index contributed by atoms with van der Waals surface area (Å²) in [5, 5.41) is 14.6. The maximum atomic E-state index is 11.1. The third kappa shape index (κ3) is 17.6. The van der Waals surface area contributed by atoms with E-state index in [1.165, 1.54) is 48.1 Å². The van der Waals surface area contributed by atoms with Gasteiger partial charge in [0.1, 0.15) is 5.75 Å². The summed E-state index contributed by atoms with van der Waals surface area (Å²) in [4.78, 5) is 3.68. The molecular formula is C39H63BF4N2O3. The number of hydrogen-bond donors (Lipinski definition) is 3. The van der Waals surface area contributed by atoms with Crippen LogP contribution in [0.1, 0.15) is 143 Å². The Morgan fingerprint density at radius 1 is 0.796 bits per heavy atom. The number of para-hydroxylation sites is 1. The van der Waals surface area contributed by atoms with E-state index in [1.807, 2.05) is 6.92 Å². The first-order valence-corrected chi connectivity index (χ1v) is 17.6.